The van der Waals surface area contributed by atoms with E-state index < -0.39 is 23.7 Å². The van der Waals surface area contributed by atoms with Gasteiger partial charge in [-0.1, -0.05) is 5.16 Å². The van der Waals surface area contributed by atoms with Gasteiger partial charge in [0.25, 0.3) is 17.7 Å². The van der Waals surface area contributed by atoms with E-state index >= 15 is 0 Å². The summed E-state index contributed by atoms with van der Waals surface area (Å²) in [7, 11) is 1.52. The van der Waals surface area contributed by atoms with Gasteiger partial charge in [0, 0.05) is 24.2 Å². The fraction of sp³-hybridized carbons (Fsp3) is 0.211. The maximum atomic E-state index is 14.0. The first-order valence-electron chi connectivity index (χ1n) is 8.90. The molecule has 0 radical (unpaired) electrons. The van der Waals surface area contributed by atoms with Crippen LogP contribution in [0.3, 0.4) is 0 Å². The minimum absolute atomic E-state index is 0.00915. The summed E-state index contributed by atoms with van der Waals surface area (Å²) in [4.78, 5) is 33.5. The summed E-state index contributed by atoms with van der Waals surface area (Å²) >= 11 is 3.18. The Balaban J connectivity index is 1.84. The Bertz CT molecular complexity index is 1140. The molecule has 0 spiro atoms. The fourth-order valence-electron chi connectivity index (χ4n) is 2.76. The number of rotatable bonds is 7. The maximum absolute atomic E-state index is 14.0. The molecule has 4 N–H and O–H groups in total. The molecular weight excluding hydrogens is 475 g/mol. The van der Waals surface area contributed by atoms with E-state index in [2.05, 4.69) is 31.1 Å². The molecular formula is C19H18BrFN6O4. The van der Waals surface area contributed by atoms with Crippen LogP contribution in [0.4, 0.5) is 10.2 Å². The molecule has 2 amide bonds. The summed E-state index contributed by atoms with van der Waals surface area (Å²) in [5.41, 5.74) is 11.4. The van der Waals surface area contributed by atoms with Gasteiger partial charge in [0.1, 0.15) is 16.5 Å². The molecule has 12 heteroatoms. The predicted octanol–water partition coefficient (Wildman–Crippen LogP) is 2.46. The molecule has 2 aromatic heterocycles. The van der Waals surface area contributed by atoms with Crippen LogP contribution in [0.15, 0.2) is 39.6 Å². The summed E-state index contributed by atoms with van der Waals surface area (Å²) < 4.78 is 25.1. The van der Waals surface area contributed by atoms with Gasteiger partial charge in [0.05, 0.1) is 12.7 Å². The van der Waals surface area contributed by atoms with E-state index in [4.69, 9.17) is 20.7 Å². The average molecular weight is 493 g/mol. The van der Waals surface area contributed by atoms with Gasteiger partial charge in [-0.3, -0.25) is 9.59 Å². The van der Waals surface area contributed by atoms with Crippen molar-refractivity contribution in [3.8, 4) is 5.88 Å². The van der Waals surface area contributed by atoms with Crippen molar-refractivity contribution in [1.82, 2.24) is 20.0 Å². The minimum Gasteiger partial charge on any atom is -0.467 e. The number of hydrogen-bond donors (Lipinski definition) is 2. The molecule has 0 aliphatic carbocycles. The highest BCUT2D eigenvalue weighted by Crippen LogP contribution is 2.28. The van der Waals surface area contributed by atoms with Gasteiger partial charge in [-0.15, -0.1) is 0 Å². The number of carbonyl (C=O) groups excluding carboxylic acids is 2. The lowest BCUT2D eigenvalue weighted by atomic mass is 10.0. The number of nitrogens with two attached hydrogens (primary N) is 2. The quantitative estimate of drug-likeness (QED) is 0.510. The molecule has 10 nitrogen and oxygen atoms in total. The molecule has 1 unspecified atom stereocenters. The molecule has 0 bridgehead atoms. The second-order valence-electron chi connectivity index (χ2n) is 6.58. The van der Waals surface area contributed by atoms with E-state index in [9.17, 15) is 14.0 Å². The third kappa shape index (κ3) is 5.15. The number of carbonyl (C=O) groups is 2. The average Bonchev–Trinajstić information content (AvgIpc) is 3.19. The zero-order valence-electron chi connectivity index (χ0n) is 16.5. The molecule has 0 aliphatic heterocycles. The Morgan fingerprint density at radius 2 is 2.10 bits per heavy atom. The van der Waals surface area contributed by atoms with Gasteiger partial charge in [-0.2, -0.15) is 0 Å². The first-order chi connectivity index (χ1) is 14.7. The molecule has 3 rings (SSSR count). The number of anilines is 1. The van der Waals surface area contributed by atoms with Crippen molar-refractivity contribution >= 4 is 33.6 Å². The molecule has 1 aromatic carbocycles. The molecule has 0 saturated heterocycles. The van der Waals surface area contributed by atoms with Crippen LogP contribution in [0.5, 0.6) is 5.88 Å². The highest BCUT2D eigenvalue weighted by atomic mass is 79.9. The zero-order valence-corrected chi connectivity index (χ0v) is 18.1. The third-order valence-corrected chi connectivity index (χ3v) is 4.64. The van der Waals surface area contributed by atoms with Crippen molar-refractivity contribution in [2.75, 3.05) is 12.8 Å². The highest BCUT2D eigenvalue weighted by Gasteiger charge is 2.23. The molecule has 2 heterocycles. The number of primary amides is 1. The van der Waals surface area contributed by atoms with Crippen LogP contribution < -0.4 is 16.2 Å². The van der Waals surface area contributed by atoms with Crippen molar-refractivity contribution in [3.05, 3.63) is 63.5 Å². The molecule has 3 aromatic rings. The number of ether oxygens (including phenoxy) is 1. The van der Waals surface area contributed by atoms with Gasteiger partial charge in [0.2, 0.25) is 0 Å². The summed E-state index contributed by atoms with van der Waals surface area (Å²) in [5, 5.41) is 3.53. The Kier molecular flexibility index (Phi) is 6.49. The van der Waals surface area contributed by atoms with Crippen molar-refractivity contribution in [2.45, 2.75) is 19.6 Å². The van der Waals surface area contributed by atoms with Crippen molar-refractivity contribution in [2.24, 2.45) is 5.73 Å². The van der Waals surface area contributed by atoms with Gasteiger partial charge in [-0.05, 0) is 41.1 Å². The van der Waals surface area contributed by atoms with Crippen molar-refractivity contribution in [1.29, 1.82) is 0 Å². The SMILES string of the molecule is CC(Oc1nc(Br)cnc1N)c1cc(F)ccc1C(=O)N(C)Cc1cc(C(N)=O)no1. The zero-order chi connectivity index (χ0) is 22.7. The topological polar surface area (TPSA) is 150 Å². The van der Waals surface area contributed by atoms with E-state index in [0.717, 1.165) is 0 Å². The van der Waals surface area contributed by atoms with Crippen LogP contribution >= 0.6 is 15.9 Å². The van der Waals surface area contributed by atoms with Crippen LogP contribution in [0.1, 0.15) is 45.2 Å². The molecule has 0 aliphatic rings. The Morgan fingerprint density at radius 1 is 1.35 bits per heavy atom. The lowest BCUT2D eigenvalue weighted by Gasteiger charge is -2.21. The van der Waals surface area contributed by atoms with Gasteiger partial charge in [-0.25, -0.2) is 14.4 Å². The number of amides is 2. The molecule has 1 atom stereocenters. The monoisotopic (exact) mass is 492 g/mol. The lowest BCUT2D eigenvalue weighted by Crippen LogP contribution is -2.28. The number of hydrogen-bond acceptors (Lipinski definition) is 8. The van der Waals surface area contributed by atoms with Gasteiger partial charge in [0.15, 0.2) is 17.3 Å². The number of halogens is 2. The Morgan fingerprint density at radius 3 is 2.77 bits per heavy atom. The van der Waals surface area contributed by atoms with Crippen LogP contribution in [0.25, 0.3) is 0 Å². The van der Waals surface area contributed by atoms with Crippen LogP contribution in [0, 0.1) is 5.82 Å². The van der Waals surface area contributed by atoms with Crippen molar-refractivity contribution < 1.29 is 23.2 Å². The van der Waals surface area contributed by atoms with Crippen LogP contribution in [-0.2, 0) is 6.54 Å². The number of aromatic nitrogens is 3. The van der Waals surface area contributed by atoms with Gasteiger partial charge < -0.3 is 25.6 Å². The fourth-order valence-corrected chi connectivity index (χ4v) is 3.02. The van der Waals surface area contributed by atoms with Crippen LogP contribution in [-0.4, -0.2) is 38.9 Å². The second-order valence-corrected chi connectivity index (χ2v) is 7.39. The molecule has 0 fully saturated rings. The first kappa shape index (κ1) is 22.2. The normalized spacial score (nSPS) is 11.7. The predicted molar refractivity (Wildman–Crippen MR) is 110 cm³/mol. The maximum Gasteiger partial charge on any atom is 0.270 e. The summed E-state index contributed by atoms with van der Waals surface area (Å²) in [6, 6.07) is 5.07. The molecule has 31 heavy (non-hydrogen) atoms. The van der Waals surface area contributed by atoms with E-state index in [1.165, 1.54) is 42.4 Å². The second kappa shape index (κ2) is 9.08. The van der Waals surface area contributed by atoms with E-state index in [1.807, 2.05) is 0 Å². The molecule has 162 valence electrons. The summed E-state index contributed by atoms with van der Waals surface area (Å²) in [6.07, 6.45) is 0.632. The summed E-state index contributed by atoms with van der Waals surface area (Å²) in [5.74, 6) is -1.37. The van der Waals surface area contributed by atoms with Gasteiger partial charge >= 0.3 is 0 Å². The largest absolute Gasteiger partial charge is 0.467 e. The number of nitrogens with zero attached hydrogens (tertiary/aromatic N) is 4. The number of benzene rings is 1. The van der Waals surface area contributed by atoms with E-state index in [0.29, 0.717) is 4.60 Å². The number of nitrogen functional groups attached to an aromatic ring is 1. The first-order valence-corrected chi connectivity index (χ1v) is 9.70. The van der Waals surface area contributed by atoms with E-state index in [-0.39, 0.29) is 40.8 Å². The van der Waals surface area contributed by atoms with Crippen molar-refractivity contribution in [3.63, 3.8) is 0 Å². The summed E-state index contributed by atoms with van der Waals surface area (Å²) in [6.45, 7) is 1.64. The highest BCUT2D eigenvalue weighted by molar-refractivity contribution is 9.10. The standard InChI is InChI=1S/C19H18BrFN6O4/c1-9(30-18-16(22)24-7-15(20)25-18)13-5-10(21)3-4-12(13)19(29)27(2)8-11-6-14(17(23)28)26-31-11/h3-7,9H,8H2,1-2H3,(H2,22,24)(H2,23,28). The van der Waals surface area contributed by atoms with Crippen LogP contribution in [0.2, 0.25) is 0 Å². The Labute approximate surface area is 184 Å². The molecule has 0 saturated carbocycles. The lowest BCUT2D eigenvalue weighted by molar-refractivity contribution is 0.0766. The third-order valence-electron chi connectivity index (χ3n) is 4.26. The minimum atomic E-state index is -0.777. The van der Waals surface area contributed by atoms with E-state index in [1.54, 1.807) is 6.92 Å². The smallest absolute Gasteiger partial charge is 0.270 e. The Hall–Kier alpha value is -3.54.